The van der Waals surface area contributed by atoms with Gasteiger partial charge in [-0.05, 0) is 58.3 Å². The summed E-state index contributed by atoms with van der Waals surface area (Å²) in [7, 11) is 1.53. The lowest BCUT2D eigenvalue weighted by Gasteiger charge is -2.14. The van der Waals surface area contributed by atoms with Gasteiger partial charge in [0.2, 0.25) is 0 Å². The molecule has 1 N–H and O–H groups in total. The number of rotatable bonds is 9. The highest BCUT2D eigenvalue weighted by Gasteiger charge is 2.13. The Labute approximate surface area is 213 Å². The predicted octanol–water partition coefficient (Wildman–Crippen LogP) is 6.26. The third-order valence-electron chi connectivity index (χ3n) is 5.09. The van der Waals surface area contributed by atoms with Crippen molar-refractivity contribution in [3.8, 4) is 17.2 Å². The van der Waals surface area contributed by atoms with Gasteiger partial charge in [-0.25, -0.2) is 5.43 Å². The van der Waals surface area contributed by atoms with Gasteiger partial charge >= 0.3 is 0 Å². The molecule has 4 aromatic carbocycles. The van der Waals surface area contributed by atoms with E-state index in [0.29, 0.717) is 39.5 Å². The quantitative estimate of drug-likeness (QED) is 0.214. The molecule has 0 unspecified atom stereocenters. The van der Waals surface area contributed by atoms with E-state index in [2.05, 4.69) is 28.7 Å². The second-order valence-corrected chi connectivity index (χ2v) is 8.34. The fraction of sp³-hybridized carbons (Fsp3) is 0.111. The molecule has 1 amide bonds. The highest BCUT2D eigenvalue weighted by Crippen LogP contribution is 2.37. The van der Waals surface area contributed by atoms with Crippen molar-refractivity contribution in [1.29, 1.82) is 0 Å². The Balaban J connectivity index is 1.38. The number of halogens is 2. The van der Waals surface area contributed by atoms with Gasteiger partial charge in [0.25, 0.3) is 5.91 Å². The molecule has 0 aliphatic rings. The topological polar surface area (TPSA) is 69.2 Å². The molecule has 0 aromatic heterocycles. The molecule has 6 nitrogen and oxygen atoms in total. The molecule has 4 rings (SSSR count). The average Bonchev–Trinajstić information content (AvgIpc) is 2.87. The Kier molecular flexibility index (Phi) is 8.08. The van der Waals surface area contributed by atoms with E-state index in [0.717, 1.165) is 16.3 Å². The van der Waals surface area contributed by atoms with E-state index in [9.17, 15) is 4.79 Å². The van der Waals surface area contributed by atoms with E-state index in [4.69, 9.17) is 37.4 Å². The number of amides is 1. The molecule has 0 atom stereocenters. The summed E-state index contributed by atoms with van der Waals surface area (Å²) in [6.07, 6.45) is 1.46. The van der Waals surface area contributed by atoms with Crippen LogP contribution in [0.2, 0.25) is 10.0 Å². The first-order valence-corrected chi connectivity index (χ1v) is 11.5. The first-order valence-electron chi connectivity index (χ1n) is 10.7. The minimum absolute atomic E-state index is 0.190. The van der Waals surface area contributed by atoms with Gasteiger partial charge in [-0.3, -0.25) is 4.79 Å². The van der Waals surface area contributed by atoms with Crippen molar-refractivity contribution in [3.05, 3.63) is 100 Å². The summed E-state index contributed by atoms with van der Waals surface area (Å²) in [4.78, 5) is 12.0. The van der Waals surface area contributed by atoms with E-state index in [1.807, 2.05) is 24.3 Å². The Morgan fingerprint density at radius 1 is 0.971 bits per heavy atom. The fourth-order valence-corrected chi connectivity index (χ4v) is 3.81. The molecule has 0 saturated heterocycles. The van der Waals surface area contributed by atoms with Gasteiger partial charge in [-0.2, -0.15) is 5.10 Å². The lowest BCUT2D eigenvalue weighted by molar-refractivity contribution is -0.123. The number of nitrogens with one attached hydrogen (secondary N) is 1. The van der Waals surface area contributed by atoms with Crippen molar-refractivity contribution < 1.29 is 19.0 Å². The van der Waals surface area contributed by atoms with E-state index < -0.39 is 5.91 Å². The number of carbonyl (C=O) groups is 1. The Hall–Kier alpha value is -3.74. The van der Waals surface area contributed by atoms with Gasteiger partial charge < -0.3 is 14.2 Å². The van der Waals surface area contributed by atoms with Crippen molar-refractivity contribution in [3.63, 3.8) is 0 Å². The van der Waals surface area contributed by atoms with Crippen molar-refractivity contribution >= 4 is 46.1 Å². The maximum absolute atomic E-state index is 12.0. The zero-order valence-electron chi connectivity index (χ0n) is 18.8. The van der Waals surface area contributed by atoms with Crippen LogP contribution in [0.3, 0.4) is 0 Å². The number of hydrazone groups is 1. The molecule has 35 heavy (non-hydrogen) atoms. The van der Waals surface area contributed by atoms with Crippen molar-refractivity contribution in [2.24, 2.45) is 5.10 Å². The lowest BCUT2D eigenvalue weighted by Crippen LogP contribution is -2.24. The normalized spacial score (nSPS) is 10.9. The second-order valence-electron chi connectivity index (χ2n) is 7.50. The minimum Gasteiger partial charge on any atom is -0.493 e. The lowest BCUT2D eigenvalue weighted by atomic mass is 10.1. The number of hydrogen-bond donors (Lipinski definition) is 1. The van der Waals surface area contributed by atoms with E-state index in [1.54, 1.807) is 36.4 Å². The second kappa shape index (κ2) is 11.6. The van der Waals surface area contributed by atoms with Crippen LogP contribution in [0.5, 0.6) is 17.2 Å². The molecule has 8 heteroatoms. The molecule has 0 bridgehead atoms. The summed E-state index contributed by atoms with van der Waals surface area (Å²) < 4.78 is 16.9. The molecule has 4 aromatic rings. The Bertz CT molecular complexity index is 1350. The molecule has 178 valence electrons. The molecule has 0 fully saturated rings. The summed E-state index contributed by atoms with van der Waals surface area (Å²) in [6.45, 7) is 0.137. The molecule has 0 aliphatic heterocycles. The number of methoxy groups -OCH3 is 1. The van der Waals surface area contributed by atoms with Crippen molar-refractivity contribution in [1.82, 2.24) is 5.43 Å². The maximum atomic E-state index is 12.0. The molecule has 0 heterocycles. The Morgan fingerprint density at radius 3 is 2.54 bits per heavy atom. The summed E-state index contributed by atoms with van der Waals surface area (Å²) >= 11 is 12.3. The van der Waals surface area contributed by atoms with Gasteiger partial charge in [0.1, 0.15) is 12.4 Å². The minimum atomic E-state index is -0.413. The summed E-state index contributed by atoms with van der Waals surface area (Å²) in [5.41, 5.74) is 4.08. The maximum Gasteiger partial charge on any atom is 0.277 e. The number of fused-ring (bicyclic) bond motifs is 1. The zero-order chi connectivity index (χ0) is 24.6. The SMILES string of the molecule is COc1cc(/C=N\NC(=O)COc2ccc(Cl)cc2)cc(Cl)c1OCc1cccc2ccccc12. The highest BCUT2D eigenvalue weighted by molar-refractivity contribution is 6.32. The van der Waals surface area contributed by atoms with Crippen molar-refractivity contribution in [2.75, 3.05) is 13.7 Å². The number of ether oxygens (including phenoxy) is 3. The van der Waals surface area contributed by atoms with Crippen molar-refractivity contribution in [2.45, 2.75) is 6.61 Å². The van der Waals surface area contributed by atoms with Crippen LogP contribution in [0.1, 0.15) is 11.1 Å². The summed E-state index contributed by atoms with van der Waals surface area (Å²) in [5, 5.41) is 7.17. The van der Waals surface area contributed by atoms with Crippen LogP contribution in [-0.4, -0.2) is 25.8 Å². The number of nitrogens with zero attached hydrogens (tertiary/aromatic N) is 1. The number of benzene rings is 4. The smallest absolute Gasteiger partial charge is 0.277 e. The molecule has 0 radical (unpaired) electrons. The van der Waals surface area contributed by atoms with Gasteiger partial charge in [0, 0.05) is 5.02 Å². The first-order chi connectivity index (χ1) is 17.0. The molecule has 0 aliphatic carbocycles. The van der Waals surface area contributed by atoms with Gasteiger partial charge in [-0.15, -0.1) is 0 Å². The standard InChI is InChI=1S/C27H22Cl2N2O4/c1-33-25-14-18(15-30-31-26(32)17-34-22-11-9-21(28)10-12-22)13-24(29)27(25)35-16-20-7-4-6-19-5-2-3-8-23(19)20/h2-15H,16-17H2,1H3,(H,31,32)/b30-15-. The number of carbonyl (C=O) groups excluding carboxylic acids is 1. The monoisotopic (exact) mass is 508 g/mol. The molecule has 0 spiro atoms. The first kappa shape index (κ1) is 24.4. The Morgan fingerprint density at radius 2 is 1.74 bits per heavy atom. The third-order valence-corrected chi connectivity index (χ3v) is 5.62. The fourth-order valence-electron chi connectivity index (χ4n) is 3.41. The van der Waals surface area contributed by atoms with Gasteiger partial charge in [0.15, 0.2) is 18.1 Å². The van der Waals surface area contributed by atoms with E-state index in [-0.39, 0.29) is 6.61 Å². The van der Waals surface area contributed by atoms with Gasteiger partial charge in [0.05, 0.1) is 18.3 Å². The average molecular weight is 509 g/mol. The van der Waals surface area contributed by atoms with Crippen LogP contribution in [0, 0.1) is 0 Å². The molecule has 0 saturated carbocycles. The largest absolute Gasteiger partial charge is 0.493 e. The molecular weight excluding hydrogens is 487 g/mol. The third kappa shape index (κ3) is 6.44. The number of hydrogen-bond acceptors (Lipinski definition) is 5. The van der Waals surface area contributed by atoms with Crippen LogP contribution < -0.4 is 19.6 Å². The van der Waals surface area contributed by atoms with Crippen LogP contribution in [-0.2, 0) is 11.4 Å². The van der Waals surface area contributed by atoms with Crippen LogP contribution in [0.15, 0.2) is 84.0 Å². The predicted molar refractivity (Wildman–Crippen MR) is 139 cm³/mol. The summed E-state index contributed by atoms with van der Waals surface area (Å²) in [6, 6.07) is 24.3. The van der Waals surface area contributed by atoms with Gasteiger partial charge in [-0.1, -0.05) is 65.7 Å². The molecular formula is C27H22Cl2N2O4. The van der Waals surface area contributed by atoms with Crippen LogP contribution in [0.25, 0.3) is 10.8 Å². The van der Waals surface area contributed by atoms with E-state index >= 15 is 0 Å². The highest BCUT2D eigenvalue weighted by atomic mass is 35.5. The zero-order valence-corrected chi connectivity index (χ0v) is 20.3. The van der Waals surface area contributed by atoms with Crippen LogP contribution in [0.4, 0.5) is 0 Å². The van der Waals surface area contributed by atoms with Crippen LogP contribution >= 0.6 is 23.2 Å². The van der Waals surface area contributed by atoms with E-state index in [1.165, 1.54) is 13.3 Å². The summed E-state index contributed by atoms with van der Waals surface area (Å²) in [5.74, 6) is 1.00.